The fraction of sp³-hybridized carbons (Fsp3) is 0.400. The van der Waals surface area contributed by atoms with Crippen LogP contribution in [-0.2, 0) is 19.2 Å². The molecule has 0 unspecified atom stereocenters. The molecule has 0 aliphatic carbocycles. The molecule has 1 aromatic carbocycles. The SMILES string of the molecule is CC(CO)(CO)NC(=O)COC(=O)c1ccccc1OC(=O)CO[N+](=O)[O-]. The number of esters is 2. The smallest absolute Gasteiger partial charge is 0.342 e. The second-order valence-corrected chi connectivity index (χ2v) is 5.47. The van der Waals surface area contributed by atoms with Crippen LogP contribution in [0.5, 0.6) is 5.75 Å². The van der Waals surface area contributed by atoms with E-state index in [1.165, 1.54) is 31.2 Å². The molecule has 0 aromatic heterocycles. The fourth-order valence-corrected chi connectivity index (χ4v) is 1.69. The number of rotatable bonds is 10. The number of benzene rings is 1. The Bertz CT molecular complexity index is 702. The molecule has 0 atom stereocenters. The van der Waals surface area contributed by atoms with Gasteiger partial charge in [-0.15, -0.1) is 10.1 Å². The molecule has 0 heterocycles. The molecule has 12 nitrogen and oxygen atoms in total. The minimum Gasteiger partial charge on any atom is -0.452 e. The van der Waals surface area contributed by atoms with Crippen LogP contribution in [0.4, 0.5) is 0 Å². The molecule has 0 aliphatic heterocycles. The van der Waals surface area contributed by atoms with Crippen molar-refractivity contribution < 1.29 is 44.0 Å². The van der Waals surface area contributed by atoms with Crippen molar-refractivity contribution in [2.75, 3.05) is 26.4 Å². The maximum atomic E-state index is 12.1. The van der Waals surface area contributed by atoms with E-state index < -0.39 is 54.9 Å². The Kier molecular flexibility index (Phi) is 8.10. The van der Waals surface area contributed by atoms with Crippen molar-refractivity contribution in [1.82, 2.24) is 5.32 Å². The first-order chi connectivity index (χ1) is 12.7. The average molecular weight is 386 g/mol. The van der Waals surface area contributed by atoms with Gasteiger partial charge in [0.15, 0.2) is 13.2 Å². The zero-order chi connectivity index (χ0) is 20.4. The minimum atomic E-state index is -1.28. The van der Waals surface area contributed by atoms with Gasteiger partial charge in [0.25, 0.3) is 11.0 Å². The van der Waals surface area contributed by atoms with Gasteiger partial charge in [0.2, 0.25) is 0 Å². The molecule has 1 amide bonds. The number of hydrogen-bond donors (Lipinski definition) is 3. The van der Waals surface area contributed by atoms with E-state index >= 15 is 0 Å². The van der Waals surface area contributed by atoms with E-state index in [1.54, 1.807) is 0 Å². The topological polar surface area (TPSA) is 175 Å². The number of carbonyl (C=O) groups excluding carboxylic acids is 3. The average Bonchev–Trinajstić information content (AvgIpc) is 2.64. The van der Waals surface area contributed by atoms with Crippen LogP contribution in [0.25, 0.3) is 0 Å². The number of carbonyl (C=O) groups is 3. The van der Waals surface area contributed by atoms with Gasteiger partial charge in [-0.25, -0.2) is 9.59 Å². The Balaban J connectivity index is 2.69. The summed E-state index contributed by atoms with van der Waals surface area (Å²) in [6, 6.07) is 5.38. The number of para-hydroxylation sites is 1. The van der Waals surface area contributed by atoms with E-state index in [1.807, 2.05) is 0 Å². The van der Waals surface area contributed by atoms with Gasteiger partial charge in [0.1, 0.15) is 11.3 Å². The van der Waals surface area contributed by atoms with Crippen molar-refractivity contribution in [3.63, 3.8) is 0 Å². The Morgan fingerprint density at radius 3 is 2.41 bits per heavy atom. The largest absolute Gasteiger partial charge is 0.452 e. The van der Waals surface area contributed by atoms with Crippen LogP contribution in [0.2, 0.25) is 0 Å². The number of hydrogen-bond acceptors (Lipinski definition) is 10. The predicted molar refractivity (Wildman–Crippen MR) is 86.0 cm³/mol. The molecule has 0 fully saturated rings. The molecule has 0 saturated carbocycles. The van der Waals surface area contributed by atoms with Crippen molar-refractivity contribution >= 4 is 17.8 Å². The van der Waals surface area contributed by atoms with Crippen molar-refractivity contribution in [3.05, 3.63) is 39.9 Å². The molecule has 0 spiro atoms. The highest BCUT2D eigenvalue weighted by molar-refractivity contribution is 5.94. The Morgan fingerprint density at radius 2 is 1.81 bits per heavy atom. The molecular formula is C15H18N2O10. The molecular weight excluding hydrogens is 368 g/mol. The number of amides is 1. The van der Waals surface area contributed by atoms with Crippen molar-refractivity contribution in [3.8, 4) is 5.75 Å². The van der Waals surface area contributed by atoms with Crippen molar-refractivity contribution in [2.24, 2.45) is 0 Å². The molecule has 148 valence electrons. The summed E-state index contributed by atoms with van der Waals surface area (Å²) in [6.45, 7) is -1.38. The van der Waals surface area contributed by atoms with E-state index in [4.69, 9.17) is 19.7 Å². The van der Waals surface area contributed by atoms with Gasteiger partial charge in [-0.2, -0.15) is 0 Å². The van der Waals surface area contributed by atoms with Gasteiger partial charge in [-0.1, -0.05) is 12.1 Å². The van der Waals surface area contributed by atoms with E-state index in [9.17, 15) is 24.5 Å². The van der Waals surface area contributed by atoms with E-state index in [2.05, 4.69) is 10.2 Å². The molecule has 12 heteroatoms. The molecule has 0 aliphatic rings. The van der Waals surface area contributed by atoms with Crippen molar-refractivity contribution in [1.29, 1.82) is 0 Å². The first-order valence-corrected chi connectivity index (χ1v) is 7.47. The zero-order valence-electron chi connectivity index (χ0n) is 14.2. The van der Waals surface area contributed by atoms with Gasteiger partial charge in [-0.3, -0.25) is 4.79 Å². The maximum Gasteiger partial charge on any atom is 0.342 e. The summed E-state index contributed by atoms with van der Waals surface area (Å²) in [5.74, 6) is -3.14. The van der Waals surface area contributed by atoms with Gasteiger partial charge >= 0.3 is 11.9 Å². The lowest BCUT2D eigenvalue weighted by atomic mass is 10.1. The molecule has 1 rings (SSSR count). The van der Waals surface area contributed by atoms with Crippen LogP contribution in [0.1, 0.15) is 17.3 Å². The number of ether oxygens (including phenoxy) is 2. The second kappa shape index (κ2) is 10.0. The third kappa shape index (κ3) is 7.25. The van der Waals surface area contributed by atoms with Crippen LogP contribution in [0.15, 0.2) is 24.3 Å². The third-order valence-electron chi connectivity index (χ3n) is 3.09. The lowest BCUT2D eigenvalue weighted by Crippen LogP contribution is -2.52. The van der Waals surface area contributed by atoms with Gasteiger partial charge < -0.3 is 29.8 Å². The van der Waals surface area contributed by atoms with Crippen LogP contribution in [0, 0.1) is 10.1 Å². The maximum absolute atomic E-state index is 12.1. The highest BCUT2D eigenvalue weighted by Crippen LogP contribution is 2.19. The third-order valence-corrected chi connectivity index (χ3v) is 3.09. The number of nitrogens with zero attached hydrogens (tertiary/aromatic N) is 1. The Morgan fingerprint density at radius 1 is 1.19 bits per heavy atom. The summed E-state index contributed by atoms with van der Waals surface area (Å²) in [4.78, 5) is 49.2. The van der Waals surface area contributed by atoms with Gasteiger partial charge in [-0.05, 0) is 19.1 Å². The second-order valence-electron chi connectivity index (χ2n) is 5.47. The number of aliphatic hydroxyl groups excluding tert-OH is 2. The molecule has 0 saturated heterocycles. The summed E-state index contributed by atoms with van der Waals surface area (Å²) >= 11 is 0. The standard InChI is InChI=1S/C15H18N2O10/c1-15(8-18,9-19)16-12(20)6-25-14(22)10-4-2-3-5-11(10)27-13(21)7-26-17(23)24/h2-5,18-19H,6-9H2,1H3,(H,16,20). The first kappa shape index (κ1) is 21.8. The van der Waals surface area contributed by atoms with E-state index in [0.29, 0.717) is 0 Å². The molecule has 1 aromatic rings. The Labute approximate surface area is 152 Å². The highest BCUT2D eigenvalue weighted by Gasteiger charge is 2.25. The number of nitrogens with one attached hydrogen (secondary N) is 1. The monoisotopic (exact) mass is 386 g/mol. The lowest BCUT2D eigenvalue weighted by Gasteiger charge is -2.25. The first-order valence-electron chi connectivity index (χ1n) is 7.47. The predicted octanol–water partition coefficient (Wildman–Crippen LogP) is -1.18. The molecule has 0 radical (unpaired) electrons. The summed E-state index contributed by atoms with van der Waals surface area (Å²) in [5, 5.41) is 29.4. The normalized spacial score (nSPS) is 10.6. The summed E-state index contributed by atoms with van der Waals surface area (Å²) < 4.78 is 9.60. The summed E-state index contributed by atoms with van der Waals surface area (Å²) in [5.41, 5.74) is -1.49. The zero-order valence-corrected chi connectivity index (χ0v) is 14.2. The van der Waals surface area contributed by atoms with Crippen LogP contribution in [0.3, 0.4) is 0 Å². The van der Waals surface area contributed by atoms with Crippen molar-refractivity contribution in [2.45, 2.75) is 12.5 Å². The quantitative estimate of drug-likeness (QED) is 0.192. The molecule has 27 heavy (non-hydrogen) atoms. The van der Waals surface area contributed by atoms with E-state index in [0.717, 1.165) is 0 Å². The molecule has 3 N–H and O–H groups in total. The minimum absolute atomic E-state index is 0.202. The lowest BCUT2D eigenvalue weighted by molar-refractivity contribution is -0.754. The summed E-state index contributed by atoms with van der Waals surface area (Å²) in [6.07, 6.45) is 0. The fourth-order valence-electron chi connectivity index (χ4n) is 1.69. The highest BCUT2D eigenvalue weighted by atomic mass is 17.0. The van der Waals surface area contributed by atoms with Crippen LogP contribution in [-0.4, -0.2) is 65.1 Å². The van der Waals surface area contributed by atoms with Gasteiger partial charge in [0, 0.05) is 0 Å². The van der Waals surface area contributed by atoms with Crippen LogP contribution >= 0.6 is 0 Å². The Hall–Kier alpha value is -3.25. The van der Waals surface area contributed by atoms with Crippen LogP contribution < -0.4 is 10.1 Å². The summed E-state index contributed by atoms with van der Waals surface area (Å²) in [7, 11) is 0. The van der Waals surface area contributed by atoms with E-state index in [-0.39, 0.29) is 11.3 Å². The molecule has 0 bridgehead atoms. The van der Waals surface area contributed by atoms with Gasteiger partial charge in [0.05, 0.1) is 18.8 Å². The number of aliphatic hydroxyl groups is 2.